The molecule has 0 aromatic heterocycles. The molecule has 0 radical (unpaired) electrons. The number of nitrogens with two attached hydrogens (primary N) is 1. The second kappa shape index (κ2) is 6.19. The maximum atomic E-state index is 12.4. The van der Waals surface area contributed by atoms with Gasteiger partial charge in [-0.1, -0.05) is 13.3 Å². The van der Waals surface area contributed by atoms with Gasteiger partial charge >= 0.3 is 0 Å². The van der Waals surface area contributed by atoms with Gasteiger partial charge in [0.05, 0.1) is 9.82 Å². The summed E-state index contributed by atoms with van der Waals surface area (Å²) in [5.74, 6) is 0. The zero-order chi connectivity index (χ0) is 15.5. The van der Waals surface area contributed by atoms with E-state index in [2.05, 4.69) is 0 Å². The van der Waals surface area contributed by atoms with E-state index in [0.29, 0.717) is 6.42 Å². The van der Waals surface area contributed by atoms with E-state index in [-0.39, 0.29) is 16.6 Å². The first kappa shape index (κ1) is 16.4. The third-order valence-corrected chi connectivity index (χ3v) is 5.17. The summed E-state index contributed by atoms with van der Waals surface area (Å²) >= 11 is 0. The normalized spacial score (nSPS) is 13.4. The van der Waals surface area contributed by atoms with Crippen molar-refractivity contribution in [2.75, 3.05) is 12.8 Å². The quantitative estimate of drug-likeness (QED) is 0.491. The molecule has 1 aromatic rings. The van der Waals surface area contributed by atoms with Crippen molar-refractivity contribution in [2.24, 2.45) is 0 Å². The van der Waals surface area contributed by atoms with Gasteiger partial charge in [0.2, 0.25) is 10.0 Å². The van der Waals surface area contributed by atoms with Crippen LogP contribution in [0.1, 0.15) is 26.7 Å². The summed E-state index contributed by atoms with van der Waals surface area (Å²) in [6.07, 6.45) is 1.57. The molecule has 0 bridgehead atoms. The second-order valence-corrected chi connectivity index (χ2v) is 6.63. The molecule has 1 atom stereocenters. The molecule has 1 rings (SSSR count). The molecule has 1 unspecified atom stereocenters. The molecule has 0 saturated carbocycles. The van der Waals surface area contributed by atoms with Crippen LogP contribution in [0, 0.1) is 10.1 Å². The Balaban J connectivity index is 3.22. The van der Waals surface area contributed by atoms with E-state index in [1.807, 2.05) is 6.92 Å². The van der Waals surface area contributed by atoms with Gasteiger partial charge < -0.3 is 5.73 Å². The first-order valence-corrected chi connectivity index (χ1v) is 7.67. The van der Waals surface area contributed by atoms with Crippen molar-refractivity contribution >= 4 is 21.4 Å². The van der Waals surface area contributed by atoms with Crippen LogP contribution in [-0.2, 0) is 10.0 Å². The Morgan fingerprint density at radius 2 is 2.05 bits per heavy atom. The standard InChI is InChI=1S/C12H19N3O4S/c1-4-5-9(2)14(3)20(18,19)10-6-7-11(13)12(8-10)15(16)17/h6-9H,4-5,13H2,1-3H3. The second-order valence-electron chi connectivity index (χ2n) is 4.64. The van der Waals surface area contributed by atoms with Gasteiger partial charge in [-0.15, -0.1) is 0 Å². The van der Waals surface area contributed by atoms with Crippen LogP contribution in [-0.4, -0.2) is 30.7 Å². The molecular weight excluding hydrogens is 282 g/mol. The summed E-state index contributed by atoms with van der Waals surface area (Å²) in [5, 5.41) is 10.8. The number of nitro benzene ring substituents is 1. The van der Waals surface area contributed by atoms with E-state index in [9.17, 15) is 18.5 Å². The van der Waals surface area contributed by atoms with Crippen LogP contribution in [0.15, 0.2) is 23.1 Å². The highest BCUT2D eigenvalue weighted by molar-refractivity contribution is 7.89. The van der Waals surface area contributed by atoms with Crippen molar-refractivity contribution in [2.45, 2.75) is 37.6 Å². The monoisotopic (exact) mass is 301 g/mol. The van der Waals surface area contributed by atoms with Crippen molar-refractivity contribution in [1.82, 2.24) is 4.31 Å². The van der Waals surface area contributed by atoms with Gasteiger partial charge in [0.25, 0.3) is 5.69 Å². The van der Waals surface area contributed by atoms with Crippen molar-refractivity contribution < 1.29 is 13.3 Å². The number of nitrogen functional groups attached to an aromatic ring is 1. The van der Waals surface area contributed by atoms with Crippen molar-refractivity contribution in [3.63, 3.8) is 0 Å². The number of sulfonamides is 1. The van der Waals surface area contributed by atoms with Gasteiger partial charge in [-0.2, -0.15) is 4.31 Å². The molecule has 8 heteroatoms. The Morgan fingerprint density at radius 3 is 2.55 bits per heavy atom. The Bertz CT molecular complexity index is 601. The number of anilines is 1. The lowest BCUT2D eigenvalue weighted by molar-refractivity contribution is -0.384. The van der Waals surface area contributed by atoms with E-state index in [4.69, 9.17) is 5.73 Å². The number of benzene rings is 1. The molecule has 0 aliphatic heterocycles. The minimum Gasteiger partial charge on any atom is -0.393 e. The van der Waals surface area contributed by atoms with Gasteiger partial charge in [0, 0.05) is 19.2 Å². The third kappa shape index (κ3) is 3.26. The molecule has 7 nitrogen and oxygen atoms in total. The third-order valence-electron chi connectivity index (χ3n) is 3.20. The molecule has 0 amide bonds. The highest BCUT2D eigenvalue weighted by Crippen LogP contribution is 2.27. The fourth-order valence-electron chi connectivity index (χ4n) is 1.84. The number of nitro groups is 1. The molecule has 0 fully saturated rings. The van der Waals surface area contributed by atoms with E-state index in [1.54, 1.807) is 6.92 Å². The van der Waals surface area contributed by atoms with Gasteiger partial charge in [-0.05, 0) is 25.5 Å². The molecule has 2 N–H and O–H groups in total. The van der Waals surface area contributed by atoms with Crippen LogP contribution in [0.2, 0.25) is 0 Å². The molecule has 112 valence electrons. The van der Waals surface area contributed by atoms with E-state index < -0.39 is 20.6 Å². The summed E-state index contributed by atoms with van der Waals surface area (Å²) < 4.78 is 26.0. The van der Waals surface area contributed by atoms with Crippen LogP contribution < -0.4 is 5.73 Å². The number of hydrogen-bond donors (Lipinski definition) is 1. The fraction of sp³-hybridized carbons (Fsp3) is 0.500. The average Bonchev–Trinajstić information content (AvgIpc) is 2.37. The predicted octanol–water partition coefficient (Wildman–Crippen LogP) is 1.99. The maximum Gasteiger partial charge on any atom is 0.293 e. The predicted molar refractivity (Wildman–Crippen MR) is 76.8 cm³/mol. The topological polar surface area (TPSA) is 107 Å². The van der Waals surface area contributed by atoms with Gasteiger partial charge in [-0.3, -0.25) is 10.1 Å². The largest absolute Gasteiger partial charge is 0.393 e. The first-order valence-electron chi connectivity index (χ1n) is 6.23. The van der Waals surface area contributed by atoms with Crippen LogP contribution in [0.25, 0.3) is 0 Å². The van der Waals surface area contributed by atoms with Crippen LogP contribution in [0.5, 0.6) is 0 Å². The zero-order valence-electron chi connectivity index (χ0n) is 11.7. The summed E-state index contributed by atoms with van der Waals surface area (Å²) in [5.41, 5.74) is 5.01. The minimum absolute atomic E-state index is 0.0572. The molecule has 0 aliphatic rings. The summed E-state index contributed by atoms with van der Waals surface area (Å²) in [6.45, 7) is 3.76. The smallest absolute Gasteiger partial charge is 0.293 e. The Kier molecular flexibility index (Phi) is 5.07. The molecule has 0 heterocycles. The number of hydrogen-bond acceptors (Lipinski definition) is 5. The highest BCUT2D eigenvalue weighted by Gasteiger charge is 2.27. The van der Waals surface area contributed by atoms with Gasteiger partial charge in [0.15, 0.2) is 0 Å². The lowest BCUT2D eigenvalue weighted by atomic mass is 10.2. The highest BCUT2D eigenvalue weighted by atomic mass is 32.2. The van der Waals surface area contributed by atoms with Crippen LogP contribution in [0.4, 0.5) is 11.4 Å². The Labute approximate surface area is 118 Å². The lowest BCUT2D eigenvalue weighted by Crippen LogP contribution is -2.35. The van der Waals surface area contributed by atoms with E-state index >= 15 is 0 Å². The molecule has 0 aliphatic carbocycles. The van der Waals surface area contributed by atoms with Crippen LogP contribution >= 0.6 is 0 Å². The number of nitrogens with zero attached hydrogens (tertiary/aromatic N) is 2. The first-order chi connectivity index (χ1) is 9.21. The van der Waals surface area contributed by atoms with Crippen LogP contribution in [0.3, 0.4) is 0 Å². The molecular formula is C12H19N3O4S. The van der Waals surface area contributed by atoms with Crippen molar-refractivity contribution in [1.29, 1.82) is 0 Å². The maximum absolute atomic E-state index is 12.4. The van der Waals surface area contributed by atoms with Gasteiger partial charge in [-0.25, -0.2) is 8.42 Å². The molecule has 1 aromatic carbocycles. The Hall–Kier alpha value is -1.67. The van der Waals surface area contributed by atoms with E-state index in [0.717, 1.165) is 12.5 Å². The lowest BCUT2D eigenvalue weighted by Gasteiger charge is -2.23. The molecule has 0 saturated heterocycles. The summed E-state index contributed by atoms with van der Waals surface area (Å²) in [7, 11) is -2.29. The number of rotatable bonds is 6. The zero-order valence-corrected chi connectivity index (χ0v) is 12.6. The summed E-state index contributed by atoms with van der Waals surface area (Å²) in [4.78, 5) is 10.0. The Morgan fingerprint density at radius 1 is 1.45 bits per heavy atom. The molecule has 0 spiro atoms. The van der Waals surface area contributed by atoms with Crippen molar-refractivity contribution in [3.8, 4) is 0 Å². The fourth-order valence-corrected chi connectivity index (χ4v) is 3.26. The SMILES string of the molecule is CCCC(C)N(C)S(=O)(=O)c1ccc(N)c([N+](=O)[O-])c1. The molecule has 20 heavy (non-hydrogen) atoms. The van der Waals surface area contributed by atoms with Gasteiger partial charge in [0.1, 0.15) is 5.69 Å². The van der Waals surface area contributed by atoms with E-state index in [1.165, 1.54) is 23.5 Å². The minimum atomic E-state index is -3.76. The van der Waals surface area contributed by atoms with Crippen molar-refractivity contribution in [3.05, 3.63) is 28.3 Å². The summed E-state index contributed by atoms with van der Waals surface area (Å²) in [6, 6.07) is 3.34. The average molecular weight is 301 g/mol.